The van der Waals surface area contributed by atoms with E-state index in [-0.39, 0.29) is 11.8 Å². The lowest BCUT2D eigenvalue weighted by molar-refractivity contribution is 0.101. The van der Waals surface area contributed by atoms with Crippen molar-refractivity contribution in [3.05, 3.63) is 82.0 Å². The number of anilines is 2. The van der Waals surface area contributed by atoms with Crippen LogP contribution in [0.25, 0.3) is 0 Å². The second-order valence-corrected chi connectivity index (χ2v) is 6.42. The molecule has 0 aliphatic heterocycles. The highest BCUT2D eigenvalue weighted by atomic mass is 32.1. The molecule has 3 aromatic rings. The Morgan fingerprint density at radius 2 is 1.76 bits per heavy atom. The third-order valence-corrected chi connectivity index (χ3v) is 4.64. The summed E-state index contributed by atoms with van der Waals surface area (Å²) >= 11 is 1.38. The summed E-state index contributed by atoms with van der Waals surface area (Å²) in [6.45, 7) is 2.05. The van der Waals surface area contributed by atoms with Crippen LogP contribution in [0.15, 0.2) is 66.0 Å². The van der Waals surface area contributed by atoms with E-state index in [1.165, 1.54) is 11.3 Å². The van der Waals surface area contributed by atoms with Crippen LogP contribution in [-0.4, -0.2) is 11.8 Å². The molecule has 3 rings (SSSR count). The predicted molar refractivity (Wildman–Crippen MR) is 102 cm³/mol. The third kappa shape index (κ3) is 4.14. The number of carbonyl (C=O) groups is 2. The maximum atomic E-state index is 12.5. The van der Waals surface area contributed by atoms with E-state index < -0.39 is 0 Å². The lowest BCUT2D eigenvalue weighted by Gasteiger charge is -2.11. The molecule has 1 heterocycles. The largest absolute Gasteiger partial charge is 0.322 e. The smallest absolute Gasteiger partial charge is 0.265 e. The van der Waals surface area contributed by atoms with E-state index in [2.05, 4.69) is 10.6 Å². The van der Waals surface area contributed by atoms with Gasteiger partial charge in [-0.15, -0.1) is 11.3 Å². The van der Waals surface area contributed by atoms with Crippen LogP contribution in [0.1, 0.15) is 32.5 Å². The van der Waals surface area contributed by atoms with Crippen molar-refractivity contribution < 1.29 is 9.59 Å². The number of aryl methyl sites for hydroxylation is 1. The molecule has 2 amide bonds. The molecule has 0 saturated heterocycles. The van der Waals surface area contributed by atoms with E-state index in [9.17, 15) is 9.59 Å². The number of carbonyl (C=O) groups excluding carboxylic acids is 2. The number of benzene rings is 2. The number of hydrogen-bond acceptors (Lipinski definition) is 3. The molecule has 4 nitrogen and oxygen atoms in total. The molecule has 0 unspecified atom stereocenters. The summed E-state index contributed by atoms with van der Waals surface area (Å²) in [5.74, 6) is -0.378. The quantitative estimate of drug-likeness (QED) is 0.693. The Labute approximate surface area is 150 Å². The predicted octanol–water partition coefficient (Wildman–Crippen LogP) is 4.82. The molecular formula is C20H18N2O2S. The molecule has 25 heavy (non-hydrogen) atoms. The summed E-state index contributed by atoms with van der Waals surface area (Å²) in [5, 5.41) is 7.60. The molecule has 0 spiro atoms. The Hall–Kier alpha value is -2.92. The van der Waals surface area contributed by atoms with Gasteiger partial charge >= 0.3 is 0 Å². The van der Waals surface area contributed by atoms with Gasteiger partial charge in [0.1, 0.15) is 0 Å². The van der Waals surface area contributed by atoms with Crippen LogP contribution in [0.4, 0.5) is 11.4 Å². The molecule has 0 aliphatic rings. The van der Waals surface area contributed by atoms with Crippen LogP contribution in [0.2, 0.25) is 0 Å². The highest BCUT2D eigenvalue weighted by Crippen LogP contribution is 2.19. The number of para-hydroxylation sites is 1. The number of rotatable bonds is 5. The van der Waals surface area contributed by atoms with Gasteiger partial charge in [0, 0.05) is 16.9 Å². The van der Waals surface area contributed by atoms with Gasteiger partial charge in [0.2, 0.25) is 0 Å². The van der Waals surface area contributed by atoms with Gasteiger partial charge in [-0.1, -0.05) is 37.3 Å². The highest BCUT2D eigenvalue weighted by molar-refractivity contribution is 7.12. The summed E-state index contributed by atoms with van der Waals surface area (Å²) in [4.78, 5) is 25.3. The maximum absolute atomic E-state index is 12.5. The van der Waals surface area contributed by atoms with Crippen molar-refractivity contribution in [2.24, 2.45) is 0 Å². The van der Waals surface area contributed by atoms with E-state index in [1.54, 1.807) is 30.3 Å². The van der Waals surface area contributed by atoms with Gasteiger partial charge in [-0.05, 0) is 47.7 Å². The van der Waals surface area contributed by atoms with Crippen LogP contribution in [0.5, 0.6) is 0 Å². The van der Waals surface area contributed by atoms with Crippen molar-refractivity contribution in [3.63, 3.8) is 0 Å². The molecule has 2 N–H and O–H groups in total. The number of hydrogen-bond donors (Lipinski definition) is 2. The molecule has 0 atom stereocenters. The van der Waals surface area contributed by atoms with E-state index in [0.717, 1.165) is 17.7 Å². The van der Waals surface area contributed by atoms with Gasteiger partial charge in [-0.25, -0.2) is 0 Å². The third-order valence-electron chi connectivity index (χ3n) is 3.77. The molecular weight excluding hydrogens is 332 g/mol. The number of thiophene rings is 1. The van der Waals surface area contributed by atoms with Gasteiger partial charge in [0.05, 0.1) is 4.88 Å². The van der Waals surface area contributed by atoms with Crippen LogP contribution >= 0.6 is 11.3 Å². The topological polar surface area (TPSA) is 58.2 Å². The van der Waals surface area contributed by atoms with Crippen molar-refractivity contribution in [2.75, 3.05) is 10.6 Å². The average molecular weight is 350 g/mol. The van der Waals surface area contributed by atoms with E-state index >= 15 is 0 Å². The van der Waals surface area contributed by atoms with Gasteiger partial charge < -0.3 is 10.6 Å². The van der Waals surface area contributed by atoms with Crippen LogP contribution in [0.3, 0.4) is 0 Å². The van der Waals surface area contributed by atoms with Crippen molar-refractivity contribution in [1.29, 1.82) is 0 Å². The number of amides is 2. The molecule has 0 saturated carbocycles. The molecule has 1 aromatic heterocycles. The summed E-state index contributed by atoms with van der Waals surface area (Å²) in [6.07, 6.45) is 0.841. The highest BCUT2D eigenvalue weighted by Gasteiger charge is 2.11. The van der Waals surface area contributed by atoms with Crippen molar-refractivity contribution >= 4 is 34.5 Å². The summed E-state index contributed by atoms with van der Waals surface area (Å²) < 4.78 is 0. The Morgan fingerprint density at radius 3 is 2.52 bits per heavy atom. The fourth-order valence-electron chi connectivity index (χ4n) is 2.48. The van der Waals surface area contributed by atoms with Crippen molar-refractivity contribution in [3.8, 4) is 0 Å². The first-order chi connectivity index (χ1) is 12.2. The fourth-order valence-corrected chi connectivity index (χ4v) is 3.10. The van der Waals surface area contributed by atoms with E-state index in [0.29, 0.717) is 16.1 Å². The Balaban J connectivity index is 1.74. The molecule has 0 bridgehead atoms. The van der Waals surface area contributed by atoms with Crippen LogP contribution < -0.4 is 10.6 Å². The van der Waals surface area contributed by atoms with Gasteiger partial charge in [0.25, 0.3) is 11.8 Å². The van der Waals surface area contributed by atoms with Gasteiger partial charge in [-0.2, -0.15) is 0 Å². The summed E-state index contributed by atoms with van der Waals surface area (Å²) in [7, 11) is 0. The minimum Gasteiger partial charge on any atom is -0.322 e. The first kappa shape index (κ1) is 16.9. The Bertz CT molecular complexity index is 888. The summed E-state index contributed by atoms with van der Waals surface area (Å²) in [5.41, 5.74) is 2.98. The average Bonchev–Trinajstić information content (AvgIpc) is 3.17. The normalized spacial score (nSPS) is 10.3. The second-order valence-electron chi connectivity index (χ2n) is 5.48. The molecule has 0 aliphatic carbocycles. The lowest BCUT2D eigenvalue weighted by atomic mass is 10.1. The molecule has 5 heteroatoms. The minimum atomic E-state index is -0.201. The molecule has 126 valence electrons. The van der Waals surface area contributed by atoms with Gasteiger partial charge in [-0.3, -0.25) is 9.59 Å². The SMILES string of the molecule is CCc1ccccc1NC(=O)c1cccc(NC(=O)c2cccs2)c1. The fraction of sp³-hybridized carbons (Fsp3) is 0.100. The van der Waals surface area contributed by atoms with E-state index in [4.69, 9.17) is 0 Å². The zero-order valence-corrected chi connectivity index (χ0v) is 14.6. The second kappa shape index (κ2) is 7.77. The lowest BCUT2D eigenvalue weighted by Crippen LogP contribution is -2.14. The van der Waals surface area contributed by atoms with Gasteiger partial charge in [0.15, 0.2) is 0 Å². The summed E-state index contributed by atoms with van der Waals surface area (Å²) in [6, 6.07) is 18.2. The Morgan fingerprint density at radius 1 is 0.920 bits per heavy atom. The molecule has 2 aromatic carbocycles. The Kier molecular flexibility index (Phi) is 5.26. The minimum absolute atomic E-state index is 0.177. The number of nitrogens with one attached hydrogen (secondary N) is 2. The maximum Gasteiger partial charge on any atom is 0.265 e. The van der Waals surface area contributed by atoms with E-state index in [1.807, 2.05) is 42.6 Å². The molecule has 0 fully saturated rings. The standard InChI is InChI=1S/C20H18N2O2S/c1-2-14-7-3-4-10-17(14)22-19(23)15-8-5-9-16(13-15)21-20(24)18-11-6-12-25-18/h3-13H,2H2,1H3,(H,21,24)(H,22,23). The monoisotopic (exact) mass is 350 g/mol. The zero-order valence-electron chi connectivity index (χ0n) is 13.8. The van der Waals surface area contributed by atoms with Crippen molar-refractivity contribution in [2.45, 2.75) is 13.3 Å². The van der Waals surface area contributed by atoms with Crippen LogP contribution in [-0.2, 0) is 6.42 Å². The molecule has 0 radical (unpaired) electrons. The zero-order chi connectivity index (χ0) is 17.6. The first-order valence-corrected chi connectivity index (χ1v) is 8.89. The van der Waals surface area contributed by atoms with Crippen LogP contribution in [0, 0.1) is 0 Å². The van der Waals surface area contributed by atoms with Crippen molar-refractivity contribution in [1.82, 2.24) is 0 Å². The first-order valence-electron chi connectivity index (χ1n) is 8.01.